The van der Waals surface area contributed by atoms with Gasteiger partial charge in [0.05, 0.1) is 12.0 Å². The van der Waals surface area contributed by atoms with Crippen LogP contribution in [0.3, 0.4) is 0 Å². The van der Waals surface area contributed by atoms with E-state index in [4.69, 9.17) is 15.8 Å². The van der Waals surface area contributed by atoms with E-state index < -0.39 is 0 Å². The molecular weight excluding hydrogens is 244 g/mol. The molecule has 0 aromatic heterocycles. The summed E-state index contributed by atoms with van der Waals surface area (Å²) in [6, 6.07) is 0. The number of hydrogen-bond donors (Lipinski definition) is 0. The molecule has 0 N–H and O–H groups in total. The summed E-state index contributed by atoms with van der Waals surface area (Å²) in [5.41, 5.74) is 0. The monoisotopic (exact) mass is 266 g/mol. The van der Waals surface area contributed by atoms with E-state index in [0.29, 0.717) is 0 Å². The molecular formula is C12H23ClO2S. The molecule has 0 spiro atoms. The zero-order chi connectivity index (χ0) is 12.1. The second kappa shape index (κ2) is 13.2. The molecule has 0 radical (unpaired) electrons. The quantitative estimate of drug-likeness (QED) is 0.312. The van der Waals surface area contributed by atoms with Crippen molar-refractivity contribution in [2.24, 2.45) is 0 Å². The highest BCUT2D eigenvalue weighted by atomic mass is 35.5. The van der Waals surface area contributed by atoms with Gasteiger partial charge in [-0.25, -0.2) is 4.79 Å². The minimum atomic E-state index is -0.341. The molecule has 0 aliphatic carbocycles. The Morgan fingerprint density at radius 1 is 1.06 bits per heavy atom. The summed E-state index contributed by atoms with van der Waals surface area (Å²) in [7, 11) is 0. The number of halogens is 1. The van der Waals surface area contributed by atoms with Crippen LogP contribution < -0.4 is 0 Å². The molecule has 0 saturated heterocycles. The molecule has 0 saturated carbocycles. The van der Waals surface area contributed by atoms with E-state index in [9.17, 15) is 4.79 Å². The van der Waals surface area contributed by atoms with Gasteiger partial charge < -0.3 is 4.18 Å². The van der Waals surface area contributed by atoms with Crippen molar-refractivity contribution in [3.63, 3.8) is 0 Å². The van der Waals surface area contributed by atoms with E-state index in [1.807, 2.05) is 0 Å². The number of hydrogen-bond acceptors (Lipinski definition) is 3. The smallest absolute Gasteiger partial charge is 0.332 e. The normalized spacial score (nSPS) is 10.4. The fourth-order valence-electron chi connectivity index (χ4n) is 1.42. The van der Waals surface area contributed by atoms with Gasteiger partial charge in [0.1, 0.15) is 5.88 Å². The third kappa shape index (κ3) is 12.2. The fraction of sp³-hybridized carbons (Fsp3) is 0.917. The van der Waals surface area contributed by atoms with Crippen molar-refractivity contribution in [3.05, 3.63) is 0 Å². The Kier molecular flexibility index (Phi) is 13.3. The molecule has 0 aliphatic heterocycles. The topological polar surface area (TPSA) is 26.3 Å². The third-order valence-electron chi connectivity index (χ3n) is 2.34. The summed E-state index contributed by atoms with van der Waals surface area (Å²) in [4.78, 5) is 10.7. The highest BCUT2D eigenvalue weighted by Crippen LogP contribution is 2.12. The molecule has 0 atom stereocenters. The molecule has 0 aromatic rings. The van der Waals surface area contributed by atoms with Gasteiger partial charge in [0.2, 0.25) is 0 Å². The highest BCUT2D eigenvalue weighted by molar-refractivity contribution is 7.95. The van der Waals surface area contributed by atoms with Crippen LogP contribution in [0.5, 0.6) is 0 Å². The van der Waals surface area contributed by atoms with Crippen molar-refractivity contribution in [2.45, 2.75) is 58.3 Å². The lowest BCUT2D eigenvalue weighted by Gasteiger charge is -2.01. The number of carbonyl (C=O) groups is 1. The zero-order valence-corrected chi connectivity index (χ0v) is 11.7. The van der Waals surface area contributed by atoms with Crippen molar-refractivity contribution >= 4 is 29.6 Å². The van der Waals surface area contributed by atoms with Crippen molar-refractivity contribution < 1.29 is 8.98 Å². The Morgan fingerprint density at radius 3 is 2.19 bits per heavy atom. The first kappa shape index (κ1) is 16.1. The van der Waals surface area contributed by atoms with Crippen molar-refractivity contribution in [1.29, 1.82) is 0 Å². The van der Waals surface area contributed by atoms with Gasteiger partial charge >= 0.3 is 5.97 Å². The summed E-state index contributed by atoms with van der Waals surface area (Å²) in [5, 5.41) is 0. The molecule has 0 aromatic carbocycles. The number of unbranched alkanes of at least 4 members (excludes halogenated alkanes) is 7. The molecule has 4 heteroatoms. The van der Waals surface area contributed by atoms with Crippen LogP contribution in [-0.2, 0) is 8.98 Å². The second-order valence-corrected chi connectivity index (χ2v) is 4.96. The lowest BCUT2D eigenvalue weighted by molar-refractivity contribution is -0.130. The van der Waals surface area contributed by atoms with Gasteiger partial charge in [-0.3, -0.25) is 0 Å². The Morgan fingerprint density at radius 2 is 1.62 bits per heavy atom. The summed E-state index contributed by atoms with van der Waals surface area (Å²) in [6.45, 7) is 2.24. The van der Waals surface area contributed by atoms with Gasteiger partial charge in [0.15, 0.2) is 0 Å². The van der Waals surface area contributed by atoms with Gasteiger partial charge in [-0.05, 0) is 6.42 Å². The standard InChI is InChI=1S/C12H23ClO2S/c1-2-3-4-5-6-7-8-9-10-16-15-12(14)11-13/h2-11H2,1H3. The van der Waals surface area contributed by atoms with Crippen LogP contribution in [0.25, 0.3) is 0 Å². The zero-order valence-electron chi connectivity index (χ0n) is 10.2. The Balaban J connectivity index is 2.96. The highest BCUT2D eigenvalue weighted by Gasteiger charge is 1.99. The first-order valence-corrected chi connectivity index (χ1v) is 7.64. The van der Waals surface area contributed by atoms with Crippen LogP contribution in [-0.4, -0.2) is 17.6 Å². The second-order valence-electron chi connectivity index (χ2n) is 3.89. The molecule has 2 nitrogen and oxygen atoms in total. The fourth-order valence-corrected chi connectivity index (χ4v) is 2.14. The van der Waals surface area contributed by atoms with E-state index in [0.717, 1.165) is 12.2 Å². The lowest BCUT2D eigenvalue weighted by atomic mass is 10.1. The first-order valence-electron chi connectivity index (χ1n) is 6.19. The summed E-state index contributed by atoms with van der Waals surface area (Å²) >= 11 is 6.51. The largest absolute Gasteiger partial charge is 0.390 e. The third-order valence-corrected chi connectivity index (χ3v) is 3.32. The molecule has 0 aliphatic rings. The number of alkyl halides is 1. The first-order chi connectivity index (χ1) is 7.81. The molecule has 0 fully saturated rings. The van der Waals surface area contributed by atoms with Crippen LogP contribution in [0.15, 0.2) is 0 Å². The Labute approximate surface area is 109 Å². The maximum atomic E-state index is 10.7. The predicted molar refractivity (Wildman–Crippen MR) is 71.9 cm³/mol. The maximum Gasteiger partial charge on any atom is 0.332 e. The van der Waals surface area contributed by atoms with Crippen LogP contribution in [0.4, 0.5) is 0 Å². The van der Waals surface area contributed by atoms with Gasteiger partial charge in [0, 0.05) is 5.75 Å². The van der Waals surface area contributed by atoms with Gasteiger partial charge in [-0.2, -0.15) is 0 Å². The molecule has 0 bridgehead atoms. The number of carbonyl (C=O) groups excluding carboxylic acids is 1. The van der Waals surface area contributed by atoms with Crippen LogP contribution in [0.1, 0.15) is 58.3 Å². The maximum absolute atomic E-state index is 10.7. The lowest BCUT2D eigenvalue weighted by Crippen LogP contribution is -1.99. The average molecular weight is 267 g/mol. The molecule has 0 rings (SSSR count). The van der Waals surface area contributed by atoms with Gasteiger partial charge in [0.25, 0.3) is 0 Å². The van der Waals surface area contributed by atoms with Crippen LogP contribution in [0, 0.1) is 0 Å². The van der Waals surface area contributed by atoms with E-state index in [1.54, 1.807) is 0 Å². The average Bonchev–Trinajstić information content (AvgIpc) is 2.31. The predicted octanol–water partition coefficient (Wildman–Crippen LogP) is 4.56. The minimum absolute atomic E-state index is 0.0512. The van der Waals surface area contributed by atoms with E-state index >= 15 is 0 Å². The summed E-state index contributed by atoms with van der Waals surface area (Å²) in [5.74, 6) is 0.494. The van der Waals surface area contributed by atoms with E-state index in [2.05, 4.69) is 6.92 Å². The molecule has 0 amide bonds. The van der Waals surface area contributed by atoms with Crippen molar-refractivity contribution in [2.75, 3.05) is 11.6 Å². The van der Waals surface area contributed by atoms with E-state index in [-0.39, 0.29) is 11.8 Å². The molecule has 0 unspecified atom stereocenters. The Hall–Kier alpha value is 0.110. The van der Waals surface area contributed by atoms with E-state index in [1.165, 1.54) is 57.0 Å². The molecule has 0 heterocycles. The minimum Gasteiger partial charge on any atom is -0.390 e. The van der Waals surface area contributed by atoms with Gasteiger partial charge in [-0.1, -0.05) is 51.9 Å². The SMILES string of the molecule is CCCCCCCCCCSOC(=O)CCl. The molecule has 16 heavy (non-hydrogen) atoms. The van der Waals surface area contributed by atoms with Crippen LogP contribution >= 0.6 is 23.6 Å². The van der Waals surface area contributed by atoms with Crippen molar-refractivity contribution in [1.82, 2.24) is 0 Å². The summed E-state index contributed by atoms with van der Waals surface area (Å²) < 4.78 is 4.80. The number of rotatable bonds is 11. The Bertz CT molecular complexity index is 165. The van der Waals surface area contributed by atoms with Crippen molar-refractivity contribution in [3.8, 4) is 0 Å². The van der Waals surface area contributed by atoms with Gasteiger partial charge in [-0.15, -0.1) is 11.6 Å². The summed E-state index contributed by atoms with van der Waals surface area (Å²) in [6.07, 6.45) is 10.4. The van der Waals surface area contributed by atoms with Crippen LogP contribution in [0.2, 0.25) is 0 Å². The molecule has 96 valence electrons.